The van der Waals surface area contributed by atoms with Crippen LogP contribution in [0.25, 0.3) is 0 Å². The van der Waals surface area contributed by atoms with E-state index in [2.05, 4.69) is 12.2 Å². The summed E-state index contributed by atoms with van der Waals surface area (Å²) in [6.07, 6.45) is 2.00. The van der Waals surface area contributed by atoms with Gasteiger partial charge in [0.15, 0.2) is 0 Å². The molecule has 2 aromatic carbocycles. The summed E-state index contributed by atoms with van der Waals surface area (Å²) in [6.45, 7) is 2.80. The van der Waals surface area contributed by atoms with Crippen molar-refractivity contribution in [2.24, 2.45) is 0 Å². The molecule has 0 bridgehead atoms. The van der Waals surface area contributed by atoms with Gasteiger partial charge in [-0.3, -0.25) is 9.59 Å². The molecule has 2 aromatic rings. The first-order chi connectivity index (χ1) is 12.0. The Labute approximate surface area is 147 Å². The van der Waals surface area contributed by atoms with E-state index < -0.39 is 0 Å². The smallest absolute Gasteiger partial charge is 0.255 e. The number of hydrogen-bond donors (Lipinski definition) is 1. The Balaban J connectivity index is 2.02. The van der Waals surface area contributed by atoms with Gasteiger partial charge in [0, 0.05) is 30.4 Å². The molecule has 0 aliphatic carbocycles. The van der Waals surface area contributed by atoms with Gasteiger partial charge < -0.3 is 10.2 Å². The van der Waals surface area contributed by atoms with Gasteiger partial charge in [0.25, 0.3) is 11.8 Å². The monoisotopic (exact) mass is 335 g/mol. The topological polar surface area (TPSA) is 73.2 Å². The minimum Gasteiger partial charge on any atom is -0.342 e. The van der Waals surface area contributed by atoms with Crippen LogP contribution in [0.4, 0.5) is 5.69 Å². The number of hydrogen-bond acceptors (Lipinski definition) is 3. The summed E-state index contributed by atoms with van der Waals surface area (Å²) in [7, 11) is 1.78. The van der Waals surface area contributed by atoms with Crippen LogP contribution >= 0.6 is 0 Å². The third-order valence-electron chi connectivity index (χ3n) is 3.86. The molecule has 0 atom stereocenters. The van der Waals surface area contributed by atoms with Crippen LogP contribution in [0.15, 0.2) is 48.5 Å². The third kappa shape index (κ3) is 4.92. The maximum Gasteiger partial charge on any atom is 0.255 e. The molecule has 2 amide bonds. The molecule has 0 spiro atoms. The molecule has 5 heteroatoms. The van der Waals surface area contributed by atoms with E-state index >= 15 is 0 Å². The largest absolute Gasteiger partial charge is 0.342 e. The highest BCUT2D eigenvalue weighted by Gasteiger charge is 2.12. The quantitative estimate of drug-likeness (QED) is 0.875. The fourth-order valence-corrected chi connectivity index (χ4v) is 2.31. The van der Waals surface area contributed by atoms with Gasteiger partial charge in [-0.05, 0) is 55.0 Å². The van der Waals surface area contributed by atoms with Gasteiger partial charge in [-0.15, -0.1) is 0 Å². The molecule has 0 aliphatic rings. The summed E-state index contributed by atoms with van der Waals surface area (Å²) in [5.74, 6) is -0.310. The normalized spacial score (nSPS) is 9.96. The van der Waals surface area contributed by atoms with Crippen LogP contribution in [0.2, 0.25) is 0 Å². The second kappa shape index (κ2) is 8.65. The standard InChI is InChI=1S/C20H21N3O2/c1-3-4-13-23(2)20(25)17-9-7-16(8-10-17)19(24)22-18-11-5-15(14-21)6-12-18/h5-12H,3-4,13H2,1-2H3,(H,22,24). The average molecular weight is 335 g/mol. The fraction of sp³-hybridized carbons (Fsp3) is 0.250. The minimum atomic E-state index is -0.261. The molecule has 2 rings (SSSR count). The fourth-order valence-electron chi connectivity index (χ4n) is 2.31. The number of carbonyl (C=O) groups excluding carboxylic acids is 2. The van der Waals surface area contributed by atoms with Crippen molar-refractivity contribution < 1.29 is 9.59 Å². The lowest BCUT2D eigenvalue weighted by atomic mass is 10.1. The summed E-state index contributed by atoms with van der Waals surface area (Å²) in [4.78, 5) is 26.2. The highest BCUT2D eigenvalue weighted by molar-refractivity contribution is 6.05. The molecule has 128 valence electrons. The van der Waals surface area contributed by atoms with E-state index in [0.717, 1.165) is 19.4 Å². The van der Waals surface area contributed by atoms with Crippen molar-refractivity contribution in [2.45, 2.75) is 19.8 Å². The SMILES string of the molecule is CCCCN(C)C(=O)c1ccc(C(=O)Nc2ccc(C#N)cc2)cc1. The number of nitrogens with one attached hydrogen (secondary N) is 1. The van der Waals surface area contributed by atoms with Crippen LogP contribution in [-0.2, 0) is 0 Å². The zero-order valence-electron chi connectivity index (χ0n) is 14.5. The van der Waals surface area contributed by atoms with Gasteiger partial charge in [0.05, 0.1) is 11.6 Å². The van der Waals surface area contributed by atoms with E-state index in [9.17, 15) is 9.59 Å². The average Bonchev–Trinajstić information content (AvgIpc) is 2.66. The van der Waals surface area contributed by atoms with Crippen molar-refractivity contribution in [1.29, 1.82) is 5.26 Å². The lowest BCUT2D eigenvalue weighted by Crippen LogP contribution is -2.27. The number of carbonyl (C=O) groups is 2. The predicted octanol–water partition coefficient (Wildman–Crippen LogP) is 3.68. The number of nitriles is 1. The van der Waals surface area contributed by atoms with Crippen LogP contribution in [0.1, 0.15) is 46.0 Å². The molecule has 25 heavy (non-hydrogen) atoms. The number of unbranched alkanes of at least 4 members (excludes halogenated alkanes) is 1. The highest BCUT2D eigenvalue weighted by Crippen LogP contribution is 2.12. The Morgan fingerprint density at radius 3 is 2.20 bits per heavy atom. The number of amides is 2. The summed E-state index contributed by atoms with van der Waals surface area (Å²) in [5, 5.41) is 11.5. The van der Waals surface area contributed by atoms with Crippen molar-refractivity contribution in [2.75, 3.05) is 18.9 Å². The first-order valence-corrected chi connectivity index (χ1v) is 8.22. The van der Waals surface area contributed by atoms with Gasteiger partial charge in [-0.2, -0.15) is 5.26 Å². The molecule has 0 saturated heterocycles. The lowest BCUT2D eigenvalue weighted by molar-refractivity contribution is 0.0792. The van der Waals surface area contributed by atoms with Crippen LogP contribution in [0.3, 0.4) is 0 Å². The molecule has 0 aromatic heterocycles. The molecule has 0 saturated carbocycles. The maximum atomic E-state index is 12.3. The molecular formula is C20H21N3O2. The van der Waals surface area contributed by atoms with Crippen LogP contribution in [0, 0.1) is 11.3 Å². The number of benzene rings is 2. The zero-order valence-corrected chi connectivity index (χ0v) is 14.5. The van der Waals surface area contributed by atoms with Gasteiger partial charge in [-0.1, -0.05) is 13.3 Å². The van der Waals surface area contributed by atoms with Crippen molar-refractivity contribution in [3.8, 4) is 6.07 Å². The molecule has 1 N–H and O–H groups in total. The summed E-state index contributed by atoms with van der Waals surface area (Å²) >= 11 is 0. The van der Waals surface area contributed by atoms with Crippen LogP contribution < -0.4 is 5.32 Å². The molecular weight excluding hydrogens is 314 g/mol. The molecule has 0 aliphatic heterocycles. The van der Waals surface area contributed by atoms with Gasteiger partial charge in [0.1, 0.15) is 0 Å². The van der Waals surface area contributed by atoms with Gasteiger partial charge >= 0.3 is 0 Å². The number of anilines is 1. The van der Waals surface area contributed by atoms with E-state index in [0.29, 0.717) is 22.4 Å². The number of rotatable bonds is 6. The van der Waals surface area contributed by atoms with E-state index in [4.69, 9.17) is 5.26 Å². The van der Waals surface area contributed by atoms with E-state index in [1.54, 1.807) is 60.5 Å². The van der Waals surface area contributed by atoms with E-state index in [1.165, 1.54) is 0 Å². The van der Waals surface area contributed by atoms with Crippen LogP contribution in [-0.4, -0.2) is 30.3 Å². The Hall–Kier alpha value is -3.13. The van der Waals surface area contributed by atoms with Crippen molar-refractivity contribution in [3.63, 3.8) is 0 Å². The van der Waals surface area contributed by atoms with Crippen LogP contribution in [0.5, 0.6) is 0 Å². The highest BCUT2D eigenvalue weighted by atomic mass is 16.2. The van der Waals surface area contributed by atoms with Crippen molar-refractivity contribution in [3.05, 3.63) is 65.2 Å². The molecule has 0 unspecified atom stereocenters. The first kappa shape index (κ1) is 18.2. The molecule has 0 heterocycles. The lowest BCUT2D eigenvalue weighted by Gasteiger charge is -2.16. The molecule has 0 fully saturated rings. The second-order valence-corrected chi connectivity index (χ2v) is 5.80. The zero-order chi connectivity index (χ0) is 18.2. The van der Waals surface area contributed by atoms with Gasteiger partial charge in [0.2, 0.25) is 0 Å². The molecule has 0 radical (unpaired) electrons. The minimum absolute atomic E-state index is 0.0486. The predicted molar refractivity (Wildman–Crippen MR) is 97.4 cm³/mol. The maximum absolute atomic E-state index is 12.3. The first-order valence-electron chi connectivity index (χ1n) is 8.22. The second-order valence-electron chi connectivity index (χ2n) is 5.80. The Kier molecular flexibility index (Phi) is 6.30. The van der Waals surface area contributed by atoms with Crippen molar-refractivity contribution >= 4 is 17.5 Å². The van der Waals surface area contributed by atoms with Gasteiger partial charge in [-0.25, -0.2) is 0 Å². The summed E-state index contributed by atoms with van der Waals surface area (Å²) < 4.78 is 0. The number of nitrogens with zero attached hydrogens (tertiary/aromatic N) is 2. The summed E-state index contributed by atoms with van der Waals surface area (Å²) in [5.41, 5.74) is 2.18. The van der Waals surface area contributed by atoms with Crippen molar-refractivity contribution in [1.82, 2.24) is 4.90 Å². The summed E-state index contributed by atoms with van der Waals surface area (Å²) in [6, 6.07) is 15.3. The van der Waals surface area contributed by atoms with E-state index in [1.807, 2.05) is 6.07 Å². The molecule has 5 nitrogen and oxygen atoms in total. The Bertz CT molecular complexity index is 774. The van der Waals surface area contributed by atoms with E-state index in [-0.39, 0.29) is 11.8 Å². The Morgan fingerprint density at radius 1 is 1.04 bits per heavy atom. The third-order valence-corrected chi connectivity index (χ3v) is 3.86. The Morgan fingerprint density at radius 2 is 1.64 bits per heavy atom.